The molecule has 0 fully saturated rings. The molecule has 0 aliphatic rings. The van der Waals surface area contributed by atoms with Gasteiger partial charge in [0.25, 0.3) is 0 Å². The number of methoxy groups -OCH3 is 1. The summed E-state index contributed by atoms with van der Waals surface area (Å²) < 4.78 is 15.8. The smallest absolute Gasteiger partial charge is 0.338 e. The zero-order valence-corrected chi connectivity index (χ0v) is 15.8. The molecule has 0 atom stereocenters. The third kappa shape index (κ3) is 4.42. The summed E-state index contributed by atoms with van der Waals surface area (Å²) in [5, 5.41) is 0. The lowest BCUT2D eigenvalue weighted by Gasteiger charge is -2.11. The summed E-state index contributed by atoms with van der Waals surface area (Å²) in [7, 11) is 1.50. The summed E-state index contributed by atoms with van der Waals surface area (Å²) >= 11 is 0. The first-order valence-electron chi connectivity index (χ1n) is 8.46. The second-order valence-electron chi connectivity index (χ2n) is 6.05. The molecule has 0 aromatic heterocycles. The Bertz CT molecular complexity index is 823. The van der Waals surface area contributed by atoms with Gasteiger partial charge < -0.3 is 14.2 Å². The van der Waals surface area contributed by atoms with Crippen LogP contribution < -0.4 is 9.47 Å². The van der Waals surface area contributed by atoms with Crippen LogP contribution in [0.1, 0.15) is 44.3 Å². The van der Waals surface area contributed by atoms with Crippen molar-refractivity contribution in [2.24, 2.45) is 0 Å². The summed E-state index contributed by atoms with van der Waals surface area (Å²) in [6.07, 6.45) is 0. The van der Waals surface area contributed by atoms with E-state index in [1.54, 1.807) is 18.2 Å². The fourth-order valence-electron chi connectivity index (χ4n) is 2.62. The lowest BCUT2D eigenvalue weighted by molar-refractivity contribution is 0.0474. The quantitative estimate of drug-likeness (QED) is 0.553. The van der Waals surface area contributed by atoms with Crippen LogP contribution >= 0.6 is 0 Å². The number of benzene rings is 2. The van der Waals surface area contributed by atoms with E-state index in [-0.39, 0.29) is 12.4 Å². The molecule has 0 N–H and O–H groups in total. The van der Waals surface area contributed by atoms with Crippen molar-refractivity contribution in [1.82, 2.24) is 0 Å². The van der Waals surface area contributed by atoms with E-state index in [9.17, 15) is 9.59 Å². The van der Waals surface area contributed by atoms with Crippen molar-refractivity contribution >= 4 is 11.8 Å². The van der Waals surface area contributed by atoms with E-state index in [1.165, 1.54) is 7.11 Å². The van der Waals surface area contributed by atoms with Crippen molar-refractivity contribution in [2.45, 2.75) is 27.7 Å². The number of rotatable bonds is 7. The Hall–Kier alpha value is -2.82. The maximum atomic E-state index is 12.4. The Balaban J connectivity index is 2.09. The molecule has 26 heavy (non-hydrogen) atoms. The van der Waals surface area contributed by atoms with Crippen LogP contribution in [0.2, 0.25) is 0 Å². The predicted octanol–water partition coefficient (Wildman–Crippen LogP) is 4.06. The van der Waals surface area contributed by atoms with E-state index < -0.39 is 5.97 Å². The van der Waals surface area contributed by atoms with Gasteiger partial charge in [0.15, 0.2) is 18.1 Å². The summed E-state index contributed by atoms with van der Waals surface area (Å²) in [6.45, 7) is 7.86. The van der Waals surface area contributed by atoms with Gasteiger partial charge in [-0.25, -0.2) is 4.79 Å². The van der Waals surface area contributed by atoms with E-state index in [2.05, 4.69) is 0 Å². The van der Waals surface area contributed by atoms with Crippen LogP contribution in [0.4, 0.5) is 0 Å². The number of esters is 1. The van der Waals surface area contributed by atoms with Crippen molar-refractivity contribution < 1.29 is 23.8 Å². The number of ether oxygens (including phenoxy) is 3. The molecular formula is C21H24O5. The van der Waals surface area contributed by atoms with Gasteiger partial charge in [-0.05, 0) is 68.7 Å². The molecule has 0 saturated carbocycles. The van der Waals surface area contributed by atoms with E-state index in [0.29, 0.717) is 29.2 Å². The van der Waals surface area contributed by atoms with Crippen LogP contribution in [-0.2, 0) is 4.74 Å². The number of hydrogen-bond donors (Lipinski definition) is 0. The molecule has 0 aliphatic heterocycles. The van der Waals surface area contributed by atoms with E-state index in [4.69, 9.17) is 14.2 Å². The number of carbonyl (C=O) groups is 2. The Kier molecular flexibility index (Phi) is 6.39. The number of Topliss-reactive ketones (excluding diaryl/α,β-unsaturated/α-hetero) is 1. The average molecular weight is 356 g/mol. The average Bonchev–Trinajstić information content (AvgIpc) is 2.63. The van der Waals surface area contributed by atoms with Crippen molar-refractivity contribution in [3.63, 3.8) is 0 Å². The van der Waals surface area contributed by atoms with Crippen LogP contribution in [0.3, 0.4) is 0 Å². The minimum absolute atomic E-state index is 0.225. The summed E-state index contributed by atoms with van der Waals surface area (Å²) in [5.74, 6) is 0.184. The third-order valence-corrected chi connectivity index (χ3v) is 4.17. The first kappa shape index (κ1) is 19.5. The van der Waals surface area contributed by atoms with Crippen molar-refractivity contribution in [1.29, 1.82) is 0 Å². The van der Waals surface area contributed by atoms with Crippen molar-refractivity contribution in [3.8, 4) is 11.5 Å². The van der Waals surface area contributed by atoms with Crippen LogP contribution in [0.25, 0.3) is 0 Å². The van der Waals surface area contributed by atoms with Crippen LogP contribution in [-0.4, -0.2) is 32.1 Å². The topological polar surface area (TPSA) is 61.8 Å². The highest BCUT2D eigenvalue weighted by Crippen LogP contribution is 2.28. The highest BCUT2D eigenvalue weighted by molar-refractivity contribution is 6.00. The fourth-order valence-corrected chi connectivity index (χ4v) is 2.62. The zero-order chi connectivity index (χ0) is 19.3. The lowest BCUT2D eigenvalue weighted by atomic mass is 9.98. The molecule has 2 rings (SSSR count). The summed E-state index contributed by atoms with van der Waals surface area (Å²) in [4.78, 5) is 24.7. The third-order valence-electron chi connectivity index (χ3n) is 4.17. The molecule has 5 heteroatoms. The van der Waals surface area contributed by atoms with Gasteiger partial charge >= 0.3 is 5.97 Å². The molecule has 5 nitrogen and oxygen atoms in total. The minimum atomic E-state index is -0.582. The summed E-state index contributed by atoms with van der Waals surface area (Å²) in [6, 6.07) is 8.57. The number of ketones is 1. The molecule has 138 valence electrons. The zero-order valence-electron chi connectivity index (χ0n) is 15.8. The number of carbonyl (C=O) groups excluding carboxylic acids is 2. The van der Waals surface area contributed by atoms with Gasteiger partial charge in [0, 0.05) is 5.56 Å². The van der Waals surface area contributed by atoms with Crippen LogP contribution in [0, 0.1) is 20.8 Å². The molecule has 0 saturated heterocycles. The SMILES string of the molecule is CCOc1ccc(C(=O)OCC(=O)c2cc(C)c(C)cc2C)cc1OC. The highest BCUT2D eigenvalue weighted by Gasteiger charge is 2.16. The molecule has 0 amide bonds. The standard InChI is InChI=1S/C21H24O5/c1-6-25-19-8-7-16(11-20(19)24-5)21(23)26-12-18(22)17-10-14(3)13(2)9-15(17)4/h7-11H,6,12H2,1-5H3. The molecule has 0 unspecified atom stereocenters. The van der Waals surface area contributed by atoms with Gasteiger partial charge in [-0.2, -0.15) is 0 Å². The Labute approximate surface area is 153 Å². The molecular weight excluding hydrogens is 332 g/mol. The van der Waals surface area contributed by atoms with E-state index >= 15 is 0 Å². The van der Waals surface area contributed by atoms with E-state index in [0.717, 1.165) is 16.7 Å². The van der Waals surface area contributed by atoms with Crippen molar-refractivity contribution in [3.05, 3.63) is 58.1 Å². The van der Waals surface area contributed by atoms with Gasteiger partial charge in [0.05, 0.1) is 19.3 Å². The molecule has 0 radical (unpaired) electrons. The minimum Gasteiger partial charge on any atom is -0.493 e. The molecule has 0 bridgehead atoms. The normalized spacial score (nSPS) is 10.3. The molecule has 2 aromatic rings. The molecule has 2 aromatic carbocycles. The maximum Gasteiger partial charge on any atom is 0.338 e. The lowest BCUT2D eigenvalue weighted by Crippen LogP contribution is -2.15. The second kappa shape index (κ2) is 8.52. The first-order valence-corrected chi connectivity index (χ1v) is 8.46. The van der Waals surface area contributed by atoms with Crippen molar-refractivity contribution in [2.75, 3.05) is 20.3 Å². The Morgan fingerprint density at radius 2 is 1.62 bits per heavy atom. The van der Waals surface area contributed by atoms with Gasteiger partial charge in [0.2, 0.25) is 5.78 Å². The Morgan fingerprint density at radius 1 is 0.923 bits per heavy atom. The second-order valence-corrected chi connectivity index (χ2v) is 6.05. The molecule has 0 spiro atoms. The molecule has 0 heterocycles. The van der Waals surface area contributed by atoms with Crippen LogP contribution in [0.5, 0.6) is 11.5 Å². The Morgan fingerprint density at radius 3 is 2.27 bits per heavy atom. The maximum absolute atomic E-state index is 12.4. The molecule has 0 aliphatic carbocycles. The first-order chi connectivity index (χ1) is 12.4. The van der Waals surface area contributed by atoms with Gasteiger partial charge in [-0.15, -0.1) is 0 Å². The van der Waals surface area contributed by atoms with Gasteiger partial charge in [-0.1, -0.05) is 6.07 Å². The van der Waals surface area contributed by atoms with Gasteiger partial charge in [0.1, 0.15) is 0 Å². The fraction of sp³-hybridized carbons (Fsp3) is 0.333. The largest absolute Gasteiger partial charge is 0.493 e. The van der Waals surface area contributed by atoms with Crippen LogP contribution in [0.15, 0.2) is 30.3 Å². The number of hydrogen-bond acceptors (Lipinski definition) is 5. The van der Waals surface area contributed by atoms with E-state index in [1.807, 2.05) is 39.8 Å². The monoisotopic (exact) mass is 356 g/mol. The highest BCUT2D eigenvalue weighted by atomic mass is 16.5. The van der Waals surface area contributed by atoms with Gasteiger partial charge in [-0.3, -0.25) is 4.79 Å². The predicted molar refractivity (Wildman–Crippen MR) is 99.4 cm³/mol. The summed E-state index contributed by atoms with van der Waals surface area (Å²) in [5.41, 5.74) is 3.90. The number of aryl methyl sites for hydroxylation is 3.